The lowest BCUT2D eigenvalue weighted by molar-refractivity contribution is -0.964. The normalized spacial score (nSPS) is 30.6. The Labute approximate surface area is 165 Å². The molecule has 3 rings (SSSR count). The molecule has 1 aliphatic heterocycles. The maximum atomic E-state index is 7.03. The number of nitrogens with zero attached hydrogens (tertiary/aromatic N) is 2. The quantitative estimate of drug-likeness (QED) is 0.438. The van der Waals surface area contributed by atoms with E-state index in [1.54, 1.807) is 6.20 Å². The number of quaternary nitrogens is 1. The van der Waals surface area contributed by atoms with Crippen molar-refractivity contribution in [2.45, 2.75) is 84.3 Å². The van der Waals surface area contributed by atoms with E-state index in [0.29, 0.717) is 11.5 Å². The lowest BCUT2D eigenvalue weighted by Gasteiger charge is -2.57. The van der Waals surface area contributed by atoms with E-state index in [2.05, 4.69) is 46.7 Å². The van der Waals surface area contributed by atoms with Crippen molar-refractivity contribution < 1.29 is 8.91 Å². The summed E-state index contributed by atoms with van der Waals surface area (Å²) in [6.07, 6.45) is 6.59. The Morgan fingerprint density at radius 2 is 1.88 bits per heavy atom. The molecule has 1 aromatic heterocycles. The van der Waals surface area contributed by atoms with Crippen LogP contribution < -0.4 is 0 Å². The van der Waals surface area contributed by atoms with Crippen molar-refractivity contribution in [2.75, 3.05) is 13.6 Å². The average Bonchev–Trinajstić information content (AvgIpc) is 2.58. The van der Waals surface area contributed by atoms with Gasteiger partial charge >= 0.3 is 0 Å². The predicted octanol–water partition coefficient (Wildman–Crippen LogP) is 5.95. The molecule has 1 aromatic rings. The predicted molar refractivity (Wildman–Crippen MR) is 112 cm³/mol. The van der Waals surface area contributed by atoms with Crippen LogP contribution in [-0.4, -0.2) is 37.4 Å². The molecule has 2 aliphatic rings. The zero-order valence-corrected chi connectivity index (χ0v) is 19.2. The largest absolute Gasteiger partial charge is 0.404 e. The van der Waals surface area contributed by atoms with Crippen molar-refractivity contribution in [3.05, 3.63) is 28.5 Å². The average molecular weight is 396 g/mol. The Bertz CT molecular complexity index is 653. The molecule has 2 heterocycles. The first-order valence-electron chi connectivity index (χ1n) is 10.3. The Morgan fingerprint density at radius 3 is 2.38 bits per heavy atom. The number of aromatic nitrogens is 1. The van der Waals surface area contributed by atoms with E-state index in [9.17, 15) is 0 Å². The maximum absolute atomic E-state index is 7.03. The highest BCUT2D eigenvalue weighted by Gasteiger charge is 2.54. The second-order valence-corrected chi connectivity index (χ2v) is 14.5. The number of likely N-dealkylation sites (N-methyl/N-ethyl adjacent to an activating group) is 1. The van der Waals surface area contributed by atoms with Gasteiger partial charge in [0.25, 0.3) is 0 Å². The maximum Gasteiger partial charge on any atom is 0.193 e. The molecule has 3 nitrogen and oxygen atoms in total. The minimum Gasteiger partial charge on any atom is -0.404 e. The Balaban J connectivity index is 2.00. The summed E-state index contributed by atoms with van der Waals surface area (Å²) < 4.78 is 8.09. The van der Waals surface area contributed by atoms with Gasteiger partial charge in [0.15, 0.2) is 8.32 Å². The molecule has 0 radical (unpaired) electrons. The highest BCUT2D eigenvalue weighted by atomic mass is 35.5. The molecule has 0 amide bonds. The van der Waals surface area contributed by atoms with Gasteiger partial charge in [0.05, 0.1) is 18.1 Å². The summed E-state index contributed by atoms with van der Waals surface area (Å²) in [6.45, 7) is 13.8. The number of rotatable bonds is 6. The molecule has 0 spiro atoms. The molecular weight excluding hydrogens is 360 g/mol. The van der Waals surface area contributed by atoms with Crippen LogP contribution in [0.25, 0.3) is 0 Å². The zero-order valence-electron chi connectivity index (χ0n) is 17.4. The van der Waals surface area contributed by atoms with Crippen LogP contribution in [0, 0.1) is 5.41 Å². The van der Waals surface area contributed by atoms with E-state index < -0.39 is 8.32 Å². The molecule has 0 N–H and O–H groups in total. The van der Waals surface area contributed by atoms with E-state index in [4.69, 9.17) is 16.0 Å². The topological polar surface area (TPSA) is 22.1 Å². The SMILES string of the molecule is CC[Si](CC)(CC)OC1C[N+](C)(C2CCC2(C)C)Cc2cncc(Cl)c21. The van der Waals surface area contributed by atoms with E-state index in [0.717, 1.165) is 22.6 Å². The fourth-order valence-corrected chi connectivity index (χ4v) is 8.63. The van der Waals surface area contributed by atoms with Gasteiger partial charge in [-0.05, 0) is 24.6 Å². The highest BCUT2D eigenvalue weighted by Crippen LogP contribution is 2.50. The third kappa shape index (κ3) is 3.39. The van der Waals surface area contributed by atoms with Gasteiger partial charge in [0.1, 0.15) is 19.2 Å². The van der Waals surface area contributed by atoms with Crippen molar-refractivity contribution in [3.8, 4) is 0 Å². The smallest absolute Gasteiger partial charge is 0.193 e. The molecule has 0 saturated heterocycles. The standard InChI is InChI=1S/C21H36ClN2OSi/c1-7-26(8-2,9-3)25-18-15-24(6,19-10-11-21(19,4)5)14-16-12-23-13-17(22)20(16)18/h12-13,18-19H,7-11,14-15H2,1-6H3/q+1. The zero-order chi connectivity index (χ0) is 19.2. The molecule has 146 valence electrons. The van der Waals surface area contributed by atoms with Gasteiger partial charge in [-0.1, -0.05) is 46.2 Å². The van der Waals surface area contributed by atoms with Crippen LogP contribution in [-0.2, 0) is 11.0 Å². The fourth-order valence-electron chi connectivity index (χ4n) is 5.54. The molecule has 26 heavy (non-hydrogen) atoms. The van der Waals surface area contributed by atoms with Crippen LogP contribution in [0.3, 0.4) is 0 Å². The van der Waals surface area contributed by atoms with Crippen LogP contribution in [0.1, 0.15) is 64.7 Å². The molecule has 0 aromatic carbocycles. The Hall–Kier alpha value is -0.423. The number of pyridine rings is 1. The minimum absolute atomic E-state index is 0.113. The summed E-state index contributed by atoms with van der Waals surface area (Å²) in [7, 11) is 0.719. The van der Waals surface area contributed by atoms with E-state index >= 15 is 0 Å². The summed E-state index contributed by atoms with van der Waals surface area (Å²) >= 11 is 6.64. The molecule has 3 atom stereocenters. The van der Waals surface area contributed by atoms with Gasteiger partial charge in [0, 0.05) is 35.4 Å². The van der Waals surface area contributed by atoms with Gasteiger partial charge in [-0.3, -0.25) is 4.98 Å². The van der Waals surface area contributed by atoms with Gasteiger partial charge in [-0.15, -0.1) is 0 Å². The van der Waals surface area contributed by atoms with Gasteiger partial charge in [-0.25, -0.2) is 0 Å². The number of hydrogen-bond acceptors (Lipinski definition) is 2. The molecular formula is C21H36ClN2OSi+. The minimum atomic E-state index is -1.71. The number of hydrogen-bond donors (Lipinski definition) is 0. The van der Waals surface area contributed by atoms with Crippen LogP contribution in [0.2, 0.25) is 23.2 Å². The molecule has 1 fully saturated rings. The molecule has 3 unspecified atom stereocenters. The van der Waals surface area contributed by atoms with Crippen LogP contribution in [0.5, 0.6) is 0 Å². The second-order valence-electron chi connectivity index (χ2n) is 9.41. The van der Waals surface area contributed by atoms with Gasteiger partial charge in [-0.2, -0.15) is 0 Å². The molecule has 0 bridgehead atoms. The third-order valence-electron chi connectivity index (χ3n) is 7.50. The monoisotopic (exact) mass is 395 g/mol. The molecule has 1 saturated carbocycles. The van der Waals surface area contributed by atoms with Crippen molar-refractivity contribution in [2.24, 2.45) is 5.41 Å². The van der Waals surface area contributed by atoms with Crippen LogP contribution in [0.15, 0.2) is 12.4 Å². The van der Waals surface area contributed by atoms with Gasteiger partial charge in [0.2, 0.25) is 0 Å². The van der Waals surface area contributed by atoms with E-state index in [1.165, 1.54) is 42.1 Å². The van der Waals surface area contributed by atoms with Crippen LogP contribution >= 0.6 is 11.6 Å². The van der Waals surface area contributed by atoms with Gasteiger partial charge < -0.3 is 8.91 Å². The van der Waals surface area contributed by atoms with Crippen molar-refractivity contribution in [1.29, 1.82) is 0 Å². The molecule has 5 heteroatoms. The number of fused-ring (bicyclic) bond motifs is 1. The van der Waals surface area contributed by atoms with Crippen molar-refractivity contribution in [3.63, 3.8) is 0 Å². The highest BCUT2D eigenvalue weighted by molar-refractivity contribution is 6.73. The summed E-state index contributed by atoms with van der Waals surface area (Å²) in [4.78, 5) is 4.41. The van der Waals surface area contributed by atoms with E-state index in [1.807, 2.05) is 6.20 Å². The summed E-state index contributed by atoms with van der Waals surface area (Å²) in [5, 5.41) is 0.790. The Kier molecular flexibility index (Phi) is 5.62. The van der Waals surface area contributed by atoms with Crippen LogP contribution in [0.4, 0.5) is 0 Å². The summed E-state index contributed by atoms with van der Waals surface area (Å²) in [5.74, 6) is 0. The van der Waals surface area contributed by atoms with Crippen molar-refractivity contribution >= 4 is 19.9 Å². The lowest BCUT2D eigenvalue weighted by atomic mass is 9.65. The lowest BCUT2D eigenvalue weighted by Crippen LogP contribution is -2.65. The molecule has 1 aliphatic carbocycles. The first-order valence-corrected chi connectivity index (χ1v) is 13.3. The summed E-state index contributed by atoms with van der Waals surface area (Å²) in [5.41, 5.74) is 2.93. The second kappa shape index (κ2) is 7.19. The van der Waals surface area contributed by atoms with Crippen molar-refractivity contribution in [1.82, 2.24) is 4.98 Å². The summed E-state index contributed by atoms with van der Waals surface area (Å²) in [6, 6.07) is 4.22. The third-order valence-corrected chi connectivity index (χ3v) is 12.5. The first kappa shape index (κ1) is 20.3. The Morgan fingerprint density at radius 1 is 1.23 bits per heavy atom. The first-order chi connectivity index (χ1) is 12.2. The fraction of sp³-hybridized carbons (Fsp3) is 0.762. The number of halogens is 1. The van der Waals surface area contributed by atoms with E-state index in [-0.39, 0.29) is 6.10 Å².